The summed E-state index contributed by atoms with van der Waals surface area (Å²) in [4.78, 5) is 8.40. The van der Waals surface area contributed by atoms with Gasteiger partial charge in [-0.05, 0) is 32.7 Å². The molecule has 1 N–H and O–H groups in total. The summed E-state index contributed by atoms with van der Waals surface area (Å²) in [6.45, 7) is 14.4. The number of hydrogen-bond acceptors (Lipinski definition) is 5. The first-order chi connectivity index (χ1) is 9.95. The molecule has 0 fully saturated rings. The van der Waals surface area contributed by atoms with Crippen LogP contribution in [0.5, 0.6) is 0 Å². The molecule has 0 saturated heterocycles. The molecule has 0 saturated carbocycles. The molecule has 0 amide bonds. The van der Waals surface area contributed by atoms with Crippen molar-refractivity contribution in [2.45, 2.75) is 59.6 Å². The second-order valence-corrected chi connectivity index (χ2v) is 7.04. The van der Waals surface area contributed by atoms with Gasteiger partial charge in [0.05, 0.1) is 18.4 Å². The van der Waals surface area contributed by atoms with Crippen molar-refractivity contribution in [3.05, 3.63) is 10.6 Å². The molecular weight excluding hydrogens is 282 g/mol. The second kappa shape index (κ2) is 9.38. The Morgan fingerprint density at radius 3 is 2.57 bits per heavy atom. The summed E-state index contributed by atoms with van der Waals surface area (Å²) in [6, 6.07) is 0. The fourth-order valence-electron chi connectivity index (χ4n) is 1.99. The van der Waals surface area contributed by atoms with Crippen LogP contribution < -0.4 is 10.2 Å². The number of aromatic nitrogens is 1. The van der Waals surface area contributed by atoms with E-state index in [1.807, 2.05) is 0 Å². The summed E-state index contributed by atoms with van der Waals surface area (Å²) in [5.74, 6) is 0.466. The number of nitrogens with one attached hydrogen (secondary N) is 1. The van der Waals surface area contributed by atoms with Crippen LogP contribution in [0, 0.1) is 0 Å². The van der Waals surface area contributed by atoms with Crippen molar-refractivity contribution in [1.82, 2.24) is 10.3 Å². The second-order valence-electron chi connectivity index (χ2n) is 5.98. The van der Waals surface area contributed by atoms with Gasteiger partial charge >= 0.3 is 0 Å². The first kappa shape index (κ1) is 18.4. The minimum atomic E-state index is 0.287. The van der Waals surface area contributed by atoms with Crippen LogP contribution in [0.1, 0.15) is 57.5 Å². The topological polar surface area (TPSA) is 37.4 Å². The summed E-state index contributed by atoms with van der Waals surface area (Å²) >= 11 is 1.80. The van der Waals surface area contributed by atoms with Gasteiger partial charge in [0.25, 0.3) is 0 Å². The molecule has 0 aliphatic heterocycles. The Bertz CT molecular complexity index is 404. The zero-order valence-electron chi connectivity index (χ0n) is 14.4. The number of thiazole rings is 1. The molecule has 5 heteroatoms. The van der Waals surface area contributed by atoms with Gasteiger partial charge in [0, 0.05) is 25.0 Å². The molecule has 4 nitrogen and oxygen atoms in total. The summed E-state index contributed by atoms with van der Waals surface area (Å²) in [5, 5.41) is 4.58. The van der Waals surface area contributed by atoms with Crippen molar-refractivity contribution in [2.75, 3.05) is 31.6 Å². The normalized spacial score (nSPS) is 11.6. The third-order valence-corrected chi connectivity index (χ3v) is 4.37. The van der Waals surface area contributed by atoms with E-state index in [2.05, 4.69) is 51.9 Å². The van der Waals surface area contributed by atoms with Gasteiger partial charge in [0.15, 0.2) is 5.13 Å². The van der Waals surface area contributed by atoms with E-state index in [9.17, 15) is 0 Å². The molecule has 1 aromatic heterocycles. The summed E-state index contributed by atoms with van der Waals surface area (Å²) in [5.41, 5.74) is 1.23. The van der Waals surface area contributed by atoms with Crippen molar-refractivity contribution in [3.63, 3.8) is 0 Å². The fraction of sp³-hybridized carbons (Fsp3) is 0.812. The Morgan fingerprint density at radius 1 is 1.29 bits per heavy atom. The lowest BCUT2D eigenvalue weighted by molar-refractivity contribution is 0.0846. The van der Waals surface area contributed by atoms with E-state index in [-0.39, 0.29) is 6.10 Å². The lowest BCUT2D eigenvalue weighted by Crippen LogP contribution is -2.23. The van der Waals surface area contributed by atoms with Crippen LogP contribution in [0.2, 0.25) is 0 Å². The van der Waals surface area contributed by atoms with Gasteiger partial charge in [0.1, 0.15) is 0 Å². The van der Waals surface area contributed by atoms with Crippen LogP contribution in [0.15, 0.2) is 0 Å². The molecule has 0 aromatic carbocycles. The maximum absolute atomic E-state index is 5.62. The average Bonchev–Trinajstić information content (AvgIpc) is 2.83. The minimum absolute atomic E-state index is 0.287. The van der Waals surface area contributed by atoms with Crippen LogP contribution in [0.4, 0.5) is 5.13 Å². The molecule has 0 spiro atoms. The molecule has 0 bridgehead atoms. The monoisotopic (exact) mass is 313 g/mol. The van der Waals surface area contributed by atoms with Crippen LogP contribution in [0.3, 0.4) is 0 Å². The lowest BCUT2D eigenvalue weighted by Gasteiger charge is -2.16. The van der Waals surface area contributed by atoms with Gasteiger partial charge in [0.2, 0.25) is 0 Å². The highest BCUT2D eigenvalue weighted by Gasteiger charge is 2.16. The number of nitrogens with zero attached hydrogens (tertiary/aromatic N) is 2. The molecule has 0 unspecified atom stereocenters. The average molecular weight is 314 g/mol. The van der Waals surface area contributed by atoms with Crippen molar-refractivity contribution < 1.29 is 4.74 Å². The van der Waals surface area contributed by atoms with E-state index in [1.54, 1.807) is 11.3 Å². The quantitative estimate of drug-likeness (QED) is 0.669. The first-order valence-electron chi connectivity index (χ1n) is 7.98. The van der Waals surface area contributed by atoms with Gasteiger partial charge < -0.3 is 15.0 Å². The van der Waals surface area contributed by atoms with Gasteiger partial charge in [-0.25, -0.2) is 4.98 Å². The van der Waals surface area contributed by atoms with Gasteiger partial charge in [-0.3, -0.25) is 0 Å². The molecule has 1 aromatic rings. The largest absolute Gasteiger partial charge is 0.377 e. The maximum Gasteiger partial charge on any atom is 0.185 e. The first-order valence-corrected chi connectivity index (χ1v) is 8.80. The van der Waals surface area contributed by atoms with Crippen LogP contribution in [0.25, 0.3) is 0 Å². The Labute approximate surface area is 133 Å². The van der Waals surface area contributed by atoms with E-state index < -0.39 is 0 Å². The Balaban J connectivity index is 2.67. The Hall–Kier alpha value is -0.650. The summed E-state index contributed by atoms with van der Waals surface area (Å²) in [7, 11) is 2.09. The minimum Gasteiger partial charge on any atom is -0.377 e. The van der Waals surface area contributed by atoms with E-state index in [0.717, 1.165) is 37.8 Å². The zero-order chi connectivity index (χ0) is 15.8. The van der Waals surface area contributed by atoms with Crippen molar-refractivity contribution in [1.29, 1.82) is 0 Å². The third kappa shape index (κ3) is 6.32. The standard InChI is InChI=1S/C16H31N3OS/c1-7-8-17-11-14-15(12(2)3)18-16(21-14)19(6)9-10-20-13(4)5/h12-13,17H,7-11H2,1-6H3. The van der Waals surface area contributed by atoms with Crippen LogP contribution in [-0.4, -0.2) is 37.8 Å². The third-order valence-electron chi connectivity index (χ3n) is 3.18. The lowest BCUT2D eigenvalue weighted by atomic mass is 10.1. The van der Waals surface area contributed by atoms with E-state index in [0.29, 0.717) is 5.92 Å². The van der Waals surface area contributed by atoms with Crippen molar-refractivity contribution >= 4 is 16.5 Å². The Morgan fingerprint density at radius 2 is 2.00 bits per heavy atom. The highest BCUT2D eigenvalue weighted by molar-refractivity contribution is 7.15. The molecule has 0 radical (unpaired) electrons. The molecule has 1 rings (SSSR count). The van der Waals surface area contributed by atoms with Crippen molar-refractivity contribution in [3.8, 4) is 0 Å². The molecule has 1 heterocycles. The van der Waals surface area contributed by atoms with Gasteiger partial charge in [-0.15, -0.1) is 11.3 Å². The van der Waals surface area contributed by atoms with Crippen LogP contribution >= 0.6 is 11.3 Å². The fourth-order valence-corrected chi connectivity index (χ4v) is 3.16. The smallest absolute Gasteiger partial charge is 0.185 e. The molecule has 0 atom stereocenters. The number of ether oxygens (including phenoxy) is 1. The molecule has 0 aliphatic carbocycles. The van der Waals surface area contributed by atoms with Gasteiger partial charge in [-0.1, -0.05) is 20.8 Å². The maximum atomic E-state index is 5.62. The Kier molecular flexibility index (Phi) is 8.22. The molecule has 122 valence electrons. The van der Waals surface area contributed by atoms with E-state index in [1.165, 1.54) is 10.6 Å². The highest BCUT2D eigenvalue weighted by atomic mass is 32.1. The van der Waals surface area contributed by atoms with Gasteiger partial charge in [-0.2, -0.15) is 0 Å². The number of anilines is 1. The molecular formula is C16H31N3OS. The molecule has 21 heavy (non-hydrogen) atoms. The zero-order valence-corrected chi connectivity index (χ0v) is 15.2. The van der Waals surface area contributed by atoms with E-state index >= 15 is 0 Å². The van der Waals surface area contributed by atoms with E-state index in [4.69, 9.17) is 9.72 Å². The SMILES string of the molecule is CCCNCc1sc(N(C)CCOC(C)C)nc1C(C)C. The number of likely N-dealkylation sites (N-methyl/N-ethyl adjacent to an activating group) is 1. The summed E-state index contributed by atoms with van der Waals surface area (Å²) < 4.78 is 5.62. The predicted molar refractivity (Wildman–Crippen MR) is 92.6 cm³/mol. The van der Waals surface area contributed by atoms with Crippen molar-refractivity contribution in [2.24, 2.45) is 0 Å². The number of hydrogen-bond donors (Lipinski definition) is 1. The summed E-state index contributed by atoms with van der Waals surface area (Å²) in [6.07, 6.45) is 1.45. The molecule has 0 aliphatic rings. The highest BCUT2D eigenvalue weighted by Crippen LogP contribution is 2.30. The number of rotatable bonds is 10. The van der Waals surface area contributed by atoms with Crippen LogP contribution in [-0.2, 0) is 11.3 Å². The predicted octanol–water partition coefficient (Wildman–Crippen LogP) is 3.63.